The Kier molecular flexibility index (Phi) is 7.20. The lowest BCUT2D eigenvalue weighted by Crippen LogP contribution is -2.20. The van der Waals surface area contributed by atoms with Gasteiger partial charge in [0.25, 0.3) is 0 Å². The number of ether oxygens (including phenoxy) is 2. The summed E-state index contributed by atoms with van der Waals surface area (Å²) in [6, 6.07) is 15.0. The van der Waals surface area contributed by atoms with E-state index in [1.54, 1.807) is 49.4 Å². The minimum Gasteiger partial charge on any atom is -0.493 e. The fraction of sp³-hybridized carbons (Fsp3) is 0.217. The van der Waals surface area contributed by atoms with Crippen LogP contribution in [0.4, 0.5) is 5.82 Å². The van der Waals surface area contributed by atoms with Gasteiger partial charge in [-0.3, -0.25) is 4.79 Å². The van der Waals surface area contributed by atoms with Gasteiger partial charge in [0.1, 0.15) is 5.82 Å². The van der Waals surface area contributed by atoms with Crippen LogP contribution in [0.15, 0.2) is 61.3 Å². The molecule has 0 fully saturated rings. The summed E-state index contributed by atoms with van der Waals surface area (Å²) in [5.74, 6) is 1.36. The van der Waals surface area contributed by atoms with E-state index in [0.29, 0.717) is 17.3 Å². The first-order chi connectivity index (χ1) is 13.6. The highest BCUT2D eigenvalue weighted by Crippen LogP contribution is 2.30. The molecule has 0 saturated heterocycles. The molecule has 1 unspecified atom stereocenters. The number of methoxy groups -OCH3 is 2. The van der Waals surface area contributed by atoms with Gasteiger partial charge in [-0.1, -0.05) is 44.3 Å². The van der Waals surface area contributed by atoms with Gasteiger partial charge in [0.05, 0.1) is 32.0 Å². The van der Waals surface area contributed by atoms with E-state index in [1.165, 1.54) is 0 Å². The third-order valence-electron chi connectivity index (χ3n) is 4.57. The largest absolute Gasteiger partial charge is 0.493 e. The van der Waals surface area contributed by atoms with Crippen LogP contribution < -0.4 is 14.8 Å². The first-order valence-corrected chi connectivity index (χ1v) is 8.87. The molecule has 6 nitrogen and oxygen atoms in total. The number of amides is 1. The average Bonchev–Trinajstić information content (AvgIpc) is 3.20. The third kappa shape index (κ3) is 4.66. The SMILES string of the molecule is C.C=Cc1ccc(C(C)C(=O)Nc2ccnn2-c2ccc(OC)c(OC)c2)cc1. The molecule has 0 aliphatic carbocycles. The molecule has 0 spiro atoms. The van der Waals surface area contributed by atoms with Crippen LogP contribution >= 0.6 is 0 Å². The van der Waals surface area contributed by atoms with E-state index in [1.807, 2.05) is 37.3 Å². The van der Waals surface area contributed by atoms with Crippen molar-refractivity contribution in [1.29, 1.82) is 0 Å². The molecule has 0 aliphatic heterocycles. The molecule has 3 rings (SSSR count). The van der Waals surface area contributed by atoms with Crippen LogP contribution in [0.1, 0.15) is 31.4 Å². The van der Waals surface area contributed by atoms with E-state index in [0.717, 1.165) is 16.8 Å². The molecule has 1 amide bonds. The van der Waals surface area contributed by atoms with Gasteiger partial charge in [0.15, 0.2) is 11.5 Å². The summed E-state index contributed by atoms with van der Waals surface area (Å²) in [5, 5.41) is 7.27. The minimum atomic E-state index is -0.312. The lowest BCUT2D eigenvalue weighted by molar-refractivity contribution is -0.117. The summed E-state index contributed by atoms with van der Waals surface area (Å²) in [7, 11) is 3.16. The molecule has 2 aromatic carbocycles. The van der Waals surface area contributed by atoms with Crippen LogP contribution in [0.25, 0.3) is 11.8 Å². The minimum absolute atomic E-state index is 0. The Bertz CT molecular complexity index is 977. The molecule has 1 atom stereocenters. The quantitative estimate of drug-likeness (QED) is 0.619. The van der Waals surface area contributed by atoms with Crippen molar-refractivity contribution in [3.8, 4) is 17.2 Å². The van der Waals surface area contributed by atoms with Crippen molar-refractivity contribution in [1.82, 2.24) is 9.78 Å². The van der Waals surface area contributed by atoms with Gasteiger partial charge in [-0.25, -0.2) is 4.68 Å². The van der Waals surface area contributed by atoms with Crippen molar-refractivity contribution < 1.29 is 14.3 Å². The van der Waals surface area contributed by atoms with E-state index in [-0.39, 0.29) is 19.3 Å². The van der Waals surface area contributed by atoms with Crippen LogP contribution in [0.3, 0.4) is 0 Å². The summed E-state index contributed by atoms with van der Waals surface area (Å²) in [4.78, 5) is 12.8. The average molecular weight is 393 g/mol. The van der Waals surface area contributed by atoms with Gasteiger partial charge in [-0.15, -0.1) is 0 Å². The fourth-order valence-electron chi connectivity index (χ4n) is 2.87. The number of hydrogen-bond donors (Lipinski definition) is 1. The van der Waals surface area contributed by atoms with E-state index in [9.17, 15) is 4.79 Å². The standard InChI is InChI=1S/C22H23N3O3.CH4/c1-5-16-6-8-17(9-7-16)15(2)22(26)24-21-12-13-23-25(21)18-10-11-19(27-3)20(14-18)28-4;/h5-15H,1H2,2-4H3,(H,24,26);1H4. The van der Waals surface area contributed by atoms with Crippen LogP contribution in [-0.4, -0.2) is 29.9 Å². The monoisotopic (exact) mass is 393 g/mol. The third-order valence-corrected chi connectivity index (χ3v) is 4.57. The lowest BCUT2D eigenvalue weighted by Gasteiger charge is -2.15. The summed E-state index contributed by atoms with van der Waals surface area (Å²) in [6.07, 6.45) is 3.41. The molecule has 0 aliphatic rings. The summed E-state index contributed by atoms with van der Waals surface area (Å²) < 4.78 is 12.3. The Labute approximate surface area is 171 Å². The van der Waals surface area contributed by atoms with Crippen molar-refractivity contribution in [2.24, 2.45) is 0 Å². The highest BCUT2D eigenvalue weighted by atomic mass is 16.5. The molecular weight excluding hydrogens is 366 g/mol. The number of anilines is 1. The zero-order valence-corrected chi connectivity index (χ0v) is 16.2. The predicted octanol–water partition coefficient (Wildman–Crippen LogP) is 4.91. The summed E-state index contributed by atoms with van der Waals surface area (Å²) in [5.41, 5.74) is 2.70. The number of nitrogens with one attached hydrogen (secondary N) is 1. The number of nitrogens with zero attached hydrogens (tertiary/aromatic N) is 2. The van der Waals surface area contributed by atoms with Crippen LogP contribution in [0.5, 0.6) is 11.5 Å². The van der Waals surface area contributed by atoms with Crippen molar-refractivity contribution >= 4 is 17.8 Å². The maximum Gasteiger partial charge on any atom is 0.232 e. The van der Waals surface area contributed by atoms with Gasteiger partial charge >= 0.3 is 0 Å². The highest BCUT2D eigenvalue weighted by Gasteiger charge is 2.18. The molecule has 0 radical (unpaired) electrons. The molecular formula is C23H27N3O3. The zero-order valence-electron chi connectivity index (χ0n) is 16.2. The van der Waals surface area contributed by atoms with E-state index in [4.69, 9.17) is 9.47 Å². The van der Waals surface area contributed by atoms with E-state index >= 15 is 0 Å². The number of rotatable bonds is 7. The van der Waals surface area contributed by atoms with E-state index in [2.05, 4.69) is 17.0 Å². The van der Waals surface area contributed by atoms with Crippen molar-refractivity contribution in [3.63, 3.8) is 0 Å². The molecule has 0 bridgehead atoms. The Morgan fingerprint density at radius 2 is 1.79 bits per heavy atom. The Balaban J connectivity index is 0.00000300. The predicted molar refractivity (Wildman–Crippen MR) is 117 cm³/mol. The van der Waals surface area contributed by atoms with Gasteiger partial charge < -0.3 is 14.8 Å². The molecule has 3 aromatic rings. The zero-order chi connectivity index (χ0) is 20.1. The molecule has 1 N–H and O–H groups in total. The Morgan fingerprint density at radius 3 is 2.41 bits per heavy atom. The maximum absolute atomic E-state index is 12.8. The second-order valence-corrected chi connectivity index (χ2v) is 6.25. The second-order valence-electron chi connectivity index (χ2n) is 6.25. The Morgan fingerprint density at radius 1 is 1.10 bits per heavy atom. The molecule has 6 heteroatoms. The first kappa shape index (κ1) is 21.8. The Hall–Kier alpha value is -3.54. The smallest absolute Gasteiger partial charge is 0.232 e. The normalized spacial score (nSPS) is 11.1. The van der Waals surface area contributed by atoms with Gasteiger partial charge in [0.2, 0.25) is 5.91 Å². The number of hydrogen-bond acceptors (Lipinski definition) is 4. The molecule has 1 heterocycles. The topological polar surface area (TPSA) is 65.4 Å². The number of carbonyl (C=O) groups excluding carboxylic acids is 1. The first-order valence-electron chi connectivity index (χ1n) is 8.87. The number of carbonyl (C=O) groups is 1. The molecule has 29 heavy (non-hydrogen) atoms. The maximum atomic E-state index is 12.8. The van der Waals surface area contributed by atoms with Crippen LogP contribution in [0.2, 0.25) is 0 Å². The van der Waals surface area contributed by atoms with Crippen LogP contribution in [0, 0.1) is 0 Å². The van der Waals surface area contributed by atoms with Crippen molar-refractivity contribution in [2.75, 3.05) is 19.5 Å². The van der Waals surface area contributed by atoms with Gasteiger partial charge in [-0.2, -0.15) is 5.10 Å². The fourth-order valence-corrected chi connectivity index (χ4v) is 2.87. The molecule has 1 aromatic heterocycles. The van der Waals surface area contributed by atoms with Gasteiger partial charge in [-0.05, 0) is 30.2 Å². The van der Waals surface area contributed by atoms with Crippen molar-refractivity contribution in [2.45, 2.75) is 20.3 Å². The van der Waals surface area contributed by atoms with Gasteiger partial charge in [0, 0.05) is 12.1 Å². The highest BCUT2D eigenvalue weighted by molar-refractivity contribution is 5.95. The number of benzene rings is 2. The summed E-state index contributed by atoms with van der Waals surface area (Å²) in [6.45, 7) is 5.62. The molecule has 0 saturated carbocycles. The van der Waals surface area contributed by atoms with Crippen molar-refractivity contribution in [3.05, 3.63) is 72.4 Å². The van der Waals surface area contributed by atoms with E-state index < -0.39 is 0 Å². The lowest BCUT2D eigenvalue weighted by atomic mass is 9.99. The number of aromatic nitrogens is 2. The molecule has 152 valence electrons. The summed E-state index contributed by atoms with van der Waals surface area (Å²) >= 11 is 0. The van der Waals surface area contributed by atoms with Crippen LogP contribution in [-0.2, 0) is 4.79 Å². The second kappa shape index (κ2) is 9.59.